The van der Waals surface area contributed by atoms with Crippen molar-refractivity contribution in [2.24, 2.45) is 0 Å². The highest BCUT2D eigenvalue weighted by atomic mass is 16.3. The molecule has 0 aliphatic carbocycles. The van der Waals surface area contributed by atoms with Gasteiger partial charge in [0, 0.05) is 18.8 Å². The second kappa shape index (κ2) is 6.34. The predicted molar refractivity (Wildman–Crippen MR) is 74.7 cm³/mol. The summed E-state index contributed by atoms with van der Waals surface area (Å²) in [5.74, 6) is 0. The molecule has 4 nitrogen and oxygen atoms in total. The first kappa shape index (κ1) is 15.2. The maximum absolute atomic E-state index is 9.67. The van der Waals surface area contributed by atoms with Gasteiger partial charge < -0.3 is 10.0 Å². The summed E-state index contributed by atoms with van der Waals surface area (Å²) >= 11 is 0. The number of aliphatic hydroxyl groups is 1. The van der Waals surface area contributed by atoms with Gasteiger partial charge in [0.25, 0.3) is 0 Å². The number of nitrogens with zero attached hydrogens (tertiary/aromatic N) is 3. The summed E-state index contributed by atoms with van der Waals surface area (Å²) in [5, 5.41) is 14.1. The Morgan fingerprint density at radius 3 is 2.50 bits per heavy atom. The van der Waals surface area contributed by atoms with Crippen molar-refractivity contribution in [3.05, 3.63) is 17.5 Å². The Balaban J connectivity index is 2.23. The number of hydrogen-bond donors (Lipinski definition) is 1. The van der Waals surface area contributed by atoms with Crippen molar-refractivity contribution in [3.8, 4) is 0 Å². The Labute approximate surface area is 111 Å². The third-order valence-electron chi connectivity index (χ3n) is 3.12. The van der Waals surface area contributed by atoms with Crippen molar-refractivity contribution in [1.82, 2.24) is 14.7 Å². The van der Waals surface area contributed by atoms with E-state index in [2.05, 4.69) is 34.7 Å². The van der Waals surface area contributed by atoms with Crippen LogP contribution in [0.2, 0.25) is 0 Å². The Hall–Kier alpha value is -0.870. The fourth-order valence-electron chi connectivity index (χ4n) is 1.97. The minimum absolute atomic E-state index is 0.566. The van der Waals surface area contributed by atoms with Crippen molar-refractivity contribution >= 4 is 0 Å². The number of rotatable bonds is 7. The van der Waals surface area contributed by atoms with E-state index in [1.165, 1.54) is 5.69 Å². The molecule has 18 heavy (non-hydrogen) atoms. The minimum atomic E-state index is -0.566. The van der Waals surface area contributed by atoms with E-state index in [4.69, 9.17) is 0 Å². The fourth-order valence-corrected chi connectivity index (χ4v) is 1.97. The molecular weight excluding hydrogens is 226 g/mol. The lowest BCUT2D eigenvalue weighted by molar-refractivity contribution is 0.0605. The van der Waals surface area contributed by atoms with E-state index in [1.807, 2.05) is 20.8 Å². The normalized spacial score (nSPS) is 12.4. The lowest BCUT2D eigenvalue weighted by Gasteiger charge is -2.22. The molecule has 0 radical (unpaired) electrons. The summed E-state index contributed by atoms with van der Waals surface area (Å²) in [6.07, 6.45) is 1.90. The second-order valence-corrected chi connectivity index (χ2v) is 5.87. The van der Waals surface area contributed by atoms with Crippen LogP contribution in [-0.2, 0) is 6.54 Å². The van der Waals surface area contributed by atoms with Crippen LogP contribution in [0.5, 0.6) is 0 Å². The van der Waals surface area contributed by atoms with E-state index in [-0.39, 0.29) is 0 Å². The van der Waals surface area contributed by atoms with Crippen LogP contribution in [0, 0.1) is 13.8 Å². The highest BCUT2D eigenvalue weighted by molar-refractivity contribution is 5.06. The van der Waals surface area contributed by atoms with Crippen LogP contribution in [0.4, 0.5) is 0 Å². The number of hydrogen-bond acceptors (Lipinski definition) is 3. The summed E-state index contributed by atoms with van der Waals surface area (Å²) < 4.78 is 2.07. The molecule has 0 amide bonds. The largest absolute Gasteiger partial charge is 0.390 e. The molecule has 1 N–H and O–H groups in total. The Morgan fingerprint density at radius 2 is 2.00 bits per heavy atom. The van der Waals surface area contributed by atoms with Crippen LogP contribution in [0.15, 0.2) is 6.07 Å². The van der Waals surface area contributed by atoms with Gasteiger partial charge in [-0.3, -0.25) is 4.68 Å². The molecule has 104 valence electrons. The van der Waals surface area contributed by atoms with Crippen LogP contribution >= 0.6 is 0 Å². The third-order valence-corrected chi connectivity index (χ3v) is 3.12. The van der Waals surface area contributed by atoms with E-state index in [9.17, 15) is 5.11 Å². The SMILES string of the molecule is Cc1cc(C)n(CCCN(C)CCC(C)(C)O)n1. The van der Waals surface area contributed by atoms with Crippen LogP contribution in [0.3, 0.4) is 0 Å². The molecule has 0 aromatic carbocycles. The lowest BCUT2D eigenvalue weighted by Crippen LogP contribution is -2.29. The van der Waals surface area contributed by atoms with E-state index >= 15 is 0 Å². The maximum Gasteiger partial charge on any atom is 0.0603 e. The quantitative estimate of drug-likeness (QED) is 0.808. The van der Waals surface area contributed by atoms with Crippen molar-refractivity contribution in [1.29, 1.82) is 0 Å². The first-order valence-corrected chi connectivity index (χ1v) is 6.70. The monoisotopic (exact) mass is 253 g/mol. The van der Waals surface area contributed by atoms with Gasteiger partial charge in [0.2, 0.25) is 0 Å². The van der Waals surface area contributed by atoms with Gasteiger partial charge in [0.05, 0.1) is 11.3 Å². The van der Waals surface area contributed by atoms with Gasteiger partial charge in [0.1, 0.15) is 0 Å². The zero-order valence-corrected chi connectivity index (χ0v) is 12.4. The van der Waals surface area contributed by atoms with Crippen molar-refractivity contribution in [2.75, 3.05) is 20.1 Å². The molecule has 0 aliphatic rings. The highest BCUT2D eigenvalue weighted by Gasteiger charge is 2.13. The molecule has 1 aromatic heterocycles. The van der Waals surface area contributed by atoms with Gasteiger partial charge >= 0.3 is 0 Å². The molecular formula is C14H27N3O. The van der Waals surface area contributed by atoms with Crippen LogP contribution in [-0.4, -0.2) is 45.5 Å². The summed E-state index contributed by atoms with van der Waals surface area (Å²) in [6.45, 7) is 10.8. The molecule has 0 fully saturated rings. The third kappa shape index (κ3) is 5.65. The number of aryl methyl sites for hydroxylation is 3. The fraction of sp³-hybridized carbons (Fsp3) is 0.786. The average Bonchev–Trinajstić information content (AvgIpc) is 2.54. The molecule has 0 atom stereocenters. The van der Waals surface area contributed by atoms with E-state index < -0.39 is 5.60 Å². The second-order valence-electron chi connectivity index (χ2n) is 5.87. The molecule has 0 bridgehead atoms. The van der Waals surface area contributed by atoms with E-state index in [0.29, 0.717) is 0 Å². The van der Waals surface area contributed by atoms with Gasteiger partial charge in [0.15, 0.2) is 0 Å². The minimum Gasteiger partial charge on any atom is -0.390 e. The summed E-state index contributed by atoms with van der Waals surface area (Å²) in [4.78, 5) is 2.27. The average molecular weight is 253 g/mol. The first-order chi connectivity index (χ1) is 8.28. The Bertz CT molecular complexity index is 366. The highest BCUT2D eigenvalue weighted by Crippen LogP contribution is 2.08. The topological polar surface area (TPSA) is 41.3 Å². The molecule has 0 saturated heterocycles. The van der Waals surface area contributed by atoms with E-state index in [1.54, 1.807) is 0 Å². The summed E-state index contributed by atoms with van der Waals surface area (Å²) in [7, 11) is 2.10. The summed E-state index contributed by atoms with van der Waals surface area (Å²) in [6, 6.07) is 2.11. The zero-order chi connectivity index (χ0) is 13.8. The zero-order valence-electron chi connectivity index (χ0n) is 12.4. The van der Waals surface area contributed by atoms with Crippen LogP contribution < -0.4 is 0 Å². The van der Waals surface area contributed by atoms with Crippen molar-refractivity contribution in [2.45, 2.75) is 52.7 Å². The molecule has 0 unspecified atom stereocenters. The van der Waals surface area contributed by atoms with Gasteiger partial charge in [-0.25, -0.2) is 0 Å². The maximum atomic E-state index is 9.67. The molecule has 0 aliphatic heterocycles. The van der Waals surface area contributed by atoms with Crippen molar-refractivity contribution in [3.63, 3.8) is 0 Å². The van der Waals surface area contributed by atoms with Gasteiger partial charge in [-0.2, -0.15) is 5.10 Å². The molecule has 1 aromatic rings. The number of aromatic nitrogens is 2. The van der Waals surface area contributed by atoms with Gasteiger partial charge in [-0.15, -0.1) is 0 Å². The lowest BCUT2D eigenvalue weighted by atomic mass is 10.1. The molecule has 0 spiro atoms. The molecule has 4 heteroatoms. The molecule has 1 heterocycles. The predicted octanol–water partition coefficient (Wildman–Crippen LogP) is 1.98. The first-order valence-electron chi connectivity index (χ1n) is 6.70. The van der Waals surface area contributed by atoms with Crippen LogP contribution in [0.25, 0.3) is 0 Å². The summed E-state index contributed by atoms with van der Waals surface area (Å²) in [5.41, 5.74) is 1.75. The Kier molecular flexibility index (Phi) is 5.35. The molecule has 0 saturated carbocycles. The van der Waals surface area contributed by atoms with E-state index in [0.717, 1.165) is 38.2 Å². The smallest absolute Gasteiger partial charge is 0.0603 e. The van der Waals surface area contributed by atoms with Gasteiger partial charge in [-0.1, -0.05) is 0 Å². The van der Waals surface area contributed by atoms with Gasteiger partial charge in [-0.05, 0) is 60.2 Å². The standard InChI is InChI=1S/C14H27N3O/c1-12-11-13(2)17(15-12)9-6-8-16(5)10-7-14(3,4)18/h11,18H,6-10H2,1-5H3. The molecule has 1 rings (SSSR count). The van der Waals surface area contributed by atoms with Crippen molar-refractivity contribution < 1.29 is 5.11 Å². The van der Waals surface area contributed by atoms with Crippen LogP contribution in [0.1, 0.15) is 38.1 Å². The Morgan fingerprint density at radius 1 is 1.33 bits per heavy atom.